The number of Topliss-reactive ketones (excluding diaryl/α,β-unsaturated/α-hetero) is 1. The highest BCUT2D eigenvalue weighted by Crippen LogP contribution is 2.24. The number of ketones is 1. The van der Waals surface area contributed by atoms with E-state index in [0.29, 0.717) is 24.9 Å². The molecule has 0 aliphatic carbocycles. The fourth-order valence-electron chi connectivity index (χ4n) is 2.76. The minimum absolute atomic E-state index is 0.0533. The van der Waals surface area contributed by atoms with Crippen molar-refractivity contribution >= 4 is 17.6 Å². The SMILES string of the molecule is C/C=C/F.C=C(F)C(=C)CNC/C(C)=C/N1/C(=C(/O)C(C)=O)C(=O)N(CCCOC)CN1C(C)=O. The number of nitrogens with zero attached hydrogens (tertiary/aromatic N) is 3. The Morgan fingerprint density at radius 2 is 1.83 bits per heavy atom. The van der Waals surface area contributed by atoms with Crippen LogP contribution in [0.2, 0.25) is 0 Å². The van der Waals surface area contributed by atoms with Gasteiger partial charge in [-0.15, -0.1) is 0 Å². The van der Waals surface area contributed by atoms with E-state index in [1.165, 1.54) is 41.2 Å². The lowest BCUT2D eigenvalue weighted by Gasteiger charge is -2.43. The number of aliphatic hydroxyl groups excluding tert-OH is 1. The minimum Gasteiger partial charge on any atom is -0.503 e. The molecule has 9 nitrogen and oxygen atoms in total. The van der Waals surface area contributed by atoms with Gasteiger partial charge in [-0.2, -0.15) is 0 Å². The summed E-state index contributed by atoms with van der Waals surface area (Å²) < 4.78 is 28.6. The lowest BCUT2D eigenvalue weighted by Crippen LogP contribution is -2.58. The third kappa shape index (κ3) is 10.7. The molecule has 0 unspecified atom stereocenters. The largest absolute Gasteiger partial charge is 0.503 e. The summed E-state index contributed by atoms with van der Waals surface area (Å²) in [6.45, 7) is 13.6. The Bertz CT molecular complexity index is 879. The second kappa shape index (κ2) is 16.3. The Morgan fingerprint density at radius 1 is 1.23 bits per heavy atom. The van der Waals surface area contributed by atoms with Crippen molar-refractivity contribution in [2.75, 3.05) is 40.0 Å². The molecule has 0 bridgehead atoms. The number of hydrazine groups is 1. The standard InChI is InChI=1S/C21H31FN4O5.C3H5F/c1-14(10-23-11-15(2)16(3)22)12-25-19(20(29)17(4)27)21(30)24(8-7-9-31-6)13-26(25)18(5)28;1-2-3-4/h12,23,29H,2-3,7-11,13H2,1,4-6H3;2-3H,1H3/b14-12+,20-19+;3-2+. The van der Waals surface area contributed by atoms with Crippen molar-refractivity contribution < 1.29 is 33.0 Å². The Balaban J connectivity index is 0.00000267. The maximum absolute atomic E-state index is 13.0. The number of carbonyl (C=O) groups excluding carboxylic acids is 3. The van der Waals surface area contributed by atoms with Crippen LogP contribution in [-0.4, -0.2) is 77.6 Å². The molecule has 196 valence electrons. The van der Waals surface area contributed by atoms with Crippen LogP contribution in [0.3, 0.4) is 0 Å². The van der Waals surface area contributed by atoms with Crippen molar-refractivity contribution in [3.05, 3.63) is 60.2 Å². The number of ether oxygens (including phenoxy) is 1. The number of amides is 2. The minimum atomic E-state index is -0.744. The van der Waals surface area contributed by atoms with Crippen molar-refractivity contribution in [3.8, 4) is 0 Å². The van der Waals surface area contributed by atoms with Crippen LogP contribution in [0.25, 0.3) is 0 Å². The third-order valence-corrected chi connectivity index (χ3v) is 4.58. The van der Waals surface area contributed by atoms with Crippen LogP contribution < -0.4 is 5.32 Å². The second-order valence-corrected chi connectivity index (χ2v) is 7.62. The highest BCUT2D eigenvalue weighted by atomic mass is 19.1. The van der Waals surface area contributed by atoms with Crippen molar-refractivity contribution in [1.82, 2.24) is 20.2 Å². The van der Waals surface area contributed by atoms with E-state index in [2.05, 4.69) is 18.5 Å². The van der Waals surface area contributed by atoms with Gasteiger partial charge in [0.25, 0.3) is 5.91 Å². The predicted octanol–water partition coefficient (Wildman–Crippen LogP) is 3.27. The van der Waals surface area contributed by atoms with E-state index in [0.717, 1.165) is 6.92 Å². The Labute approximate surface area is 205 Å². The Kier molecular flexibility index (Phi) is 14.8. The molecule has 0 saturated carbocycles. The lowest BCUT2D eigenvalue weighted by atomic mass is 10.2. The van der Waals surface area contributed by atoms with E-state index in [9.17, 15) is 28.3 Å². The van der Waals surface area contributed by atoms with E-state index in [-0.39, 0.29) is 37.6 Å². The monoisotopic (exact) mass is 498 g/mol. The van der Waals surface area contributed by atoms with Gasteiger partial charge in [-0.1, -0.05) is 19.2 Å². The normalized spacial score (nSPS) is 15.7. The van der Waals surface area contributed by atoms with Crippen molar-refractivity contribution in [3.63, 3.8) is 0 Å². The molecule has 1 heterocycles. The zero-order chi connectivity index (χ0) is 27.1. The van der Waals surface area contributed by atoms with Crippen LogP contribution in [0.4, 0.5) is 8.78 Å². The smallest absolute Gasteiger partial charge is 0.277 e. The predicted molar refractivity (Wildman–Crippen MR) is 130 cm³/mol. The molecule has 2 N–H and O–H groups in total. The fraction of sp³-hybridized carbons (Fsp3) is 0.458. The van der Waals surface area contributed by atoms with Crippen LogP contribution in [0.1, 0.15) is 34.1 Å². The quantitative estimate of drug-likeness (QED) is 0.195. The molecule has 1 aliphatic rings. The molecule has 0 aromatic carbocycles. The highest BCUT2D eigenvalue weighted by molar-refractivity contribution is 6.03. The van der Waals surface area contributed by atoms with Crippen LogP contribution in [0.5, 0.6) is 0 Å². The molecular formula is C24H36F2N4O5. The van der Waals surface area contributed by atoms with Gasteiger partial charge < -0.3 is 20.1 Å². The maximum atomic E-state index is 13.0. The summed E-state index contributed by atoms with van der Waals surface area (Å²) in [6.07, 6.45) is 3.82. The molecule has 0 radical (unpaired) electrons. The number of halogens is 2. The van der Waals surface area contributed by atoms with Crippen molar-refractivity contribution in [2.45, 2.75) is 34.1 Å². The summed E-state index contributed by atoms with van der Waals surface area (Å²) in [6, 6.07) is 0. The topological polar surface area (TPSA) is 102 Å². The zero-order valence-corrected chi connectivity index (χ0v) is 21.1. The number of aliphatic hydroxyl groups is 1. The van der Waals surface area contributed by atoms with Gasteiger partial charge in [-0.25, -0.2) is 18.8 Å². The van der Waals surface area contributed by atoms with Gasteiger partial charge in [-0.3, -0.25) is 14.4 Å². The fourth-order valence-corrected chi connectivity index (χ4v) is 2.76. The molecule has 0 atom stereocenters. The second-order valence-electron chi connectivity index (χ2n) is 7.62. The molecule has 1 aliphatic heterocycles. The molecule has 0 spiro atoms. The third-order valence-electron chi connectivity index (χ3n) is 4.58. The van der Waals surface area contributed by atoms with Crippen molar-refractivity contribution in [1.29, 1.82) is 0 Å². The van der Waals surface area contributed by atoms with Crippen LogP contribution in [-0.2, 0) is 19.1 Å². The number of methoxy groups -OCH3 is 1. The van der Waals surface area contributed by atoms with Gasteiger partial charge in [0.15, 0.2) is 17.2 Å². The van der Waals surface area contributed by atoms with Gasteiger partial charge in [-0.05, 0) is 31.4 Å². The van der Waals surface area contributed by atoms with Crippen LogP contribution in [0, 0.1) is 0 Å². The molecule has 11 heteroatoms. The molecule has 0 aromatic rings. The molecule has 1 fully saturated rings. The molecule has 1 rings (SSSR count). The number of hydrogen-bond acceptors (Lipinski definition) is 7. The van der Waals surface area contributed by atoms with E-state index in [4.69, 9.17) is 4.74 Å². The lowest BCUT2D eigenvalue weighted by molar-refractivity contribution is -0.159. The first-order valence-corrected chi connectivity index (χ1v) is 10.8. The number of nitrogens with one attached hydrogen (secondary N) is 1. The van der Waals surface area contributed by atoms with Gasteiger partial charge in [0.05, 0.1) is 6.33 Å². The number of allylic oxidation sites excluding steroid dienone is 2. The number of carbonyl (C=O) groups is 3. The maximum Gasteiger partial charge on any atom is 0.277 e. The average molecular weight is 499 g/mol. The summed E-state index contributed by atoms with van der Waals surface area (Å²) in [5.41, 5.74) is 0.540. The van der Waals surface area contributed by atoms with E-state index in [1.54, 1.807) is 13.8 Å². The van der Waals surface area contributed by atoms with E-state index >= 15 is 0 Å². The van der Waals surface area contributed by atoms with Gasteiger partial charge in [0, 0.05) is 53.4 Å². The van der Waals surface area contributed by atoms with Gasteiger partial charge >= 0.3 is 0 Å². The Morgan fingerprint density at radius 3 is 2.29 bits per heavy atom. The Hall–Kier alpha value is -3.31. The van der Waals surface area contributed by atoms with Gasteiger partial charge in [0.2, 0.25) is 5.91 Å². The zero-order valence-electron chi connectivity index (χ0n) is 21.1. The highest BCUT2D eigenvalue weighted by Gasteiger charge is 2.38. The number of hydrogen-bond donors (Lipinski definition) is 2. The summed E-state index contributed by atoms with van der Waals surface area (Å²) in [7, 11) is 1.54. The molecule has 2 amide bonds. The molecule has 1 saturated heterocycles. The van der Waals surface area contributed by atoms with E-state index in [1.807, 2.05) is 0 Å². The molecule has 35 heavy (non-hydrogen) atoms. The van der Waals surface area contributed by atoms with Gasteiger partial charge in [0.1, 0.15) is 12.5 Å². The van der Waals surface area contributed by atoms with Crippen LogP contribution in [0.15, 0.2) is 60.2 Å². The molecule has 0 aromatic heterocycles. The summed E-state index contributed by atoms with van der Waals surface area (Å²) in [5.74, 6) is -3.05. The summed E-state index contributed by atoms with van der Waals surface area (Å²) in [4.78, 5) is 38.6. The first-order valence-electron chi connectivity index (χ1n) is 10.8. The van der Waals surface area contributed by atoms with Crippen molar-refractivity contribution in [2.24, 2.45) is 0 Å². The van der Waals surface area contributed by atoms with E-state index < -0.39 is 29.2 Å². The first-order chi connectivity index (χ1) is 16.4. The molecular weight excluding hydrogens is 462 g/mol. The van der Waals surface area contributed by atoms with Crippen LogP contribution >= 0.6 is 0 Å². The summed E-state index contributed by atoms with van der Waals surface area (Å²) >= 11 is 0. The number of rotatable bonds is 11. The first kappa shape index (κ1) is 31.7. The summed E-state index contributed by atoms with van der Waals surface area (Å²) in [5, 5.41) is 15.8. The average Bonchev–Trinajstić information content (AvgIpc) is 2.79.